The summed E-state index contributed by atoms with van der Waals surface area (Å²) < 4.78 is 11.3. The normalized spacial score (nSPS) is 14.4. The van der Waals surface area contributed by atoms with E-state index in [1.807, 2.05) is 66.7 Å². The van der Waals surface area contributed by atoms with E-state index in [1.54, 1.807) is 13.3 Å². The molecule has 9 heteroatoms. The summed E-state index contributed by atoms with van der Waals surface area (Å²) in [6, 6.07) is 21.2. The van der Waals surface area contributed by atoms with Crippen LogP contribution in [-0.4, -0.2) is 46.1 Å². The molecule has 1 unspecified atom stereocenters. The molecule has 9 nitrogen and oxygen atoms in total. The van der Waals surface area contributed by atoms with Gasteiger partial charge < -0.3 is 25.5 Å². The number of nitrogens with one attached hydrogen (secondary N) is 2. The number of hydrogen-bond donors (Lipinski definition) is 3. The van der Waals surface area contributed by atoms with Crippen molar-refractivity contribution < 1.29 is 14.3 Å². The van der Waals surface area contributed by atoms with Gasteiger partial charge in [-0.15, -0.1) is 0 Å². The Labute approximate surface area is 225 Å². The maximum absolute atomic E-state index is 12.9. The number of fused-ring (bicyclic) bond motifs is 2. The Morgan fingerprint density at radius 3 is 2.92 bits per heavy atom. The lowest BCUT2D eigenvalue weighted by Gasteiger charge is -2.24. The summed E-state index contributed by atoms with van der Waals surface area (Å²) >= 11 is 0. The lowest BCUT2D eigenvalue weighted by Crippen LogP contribution is -2.26. The van der Waals surface area contributed by atoms with Crippen molar-refractivity contribution in [3.8, 4) is 22.8 Å². The number of hydrogen-bond acceptors (Lipinski definition) is 7. The molecule has 0 radical (unpaired) electrons. The van der Waals surface area contributed by atoms with Crippen LogP contribution in [0.15, 0.2) is 72.9 Å². The van der Waals surface area contributed by atoms with Gasteiger partial charge in [-0.1, -0.05) is 18.2 Å². The molecular weight excluding hydrogens is 492 g/mol. The highest BCUT2D eigenvalue weighted by Crippen LogP contribution is 2.33. The molecule has 1 atom stereocenters. The smallest absolute Gasteiger partial charge is 0.251 e. The second kappa shape index (κ2) is 10.4. The van der Waals surface area contributed by atoms with Crippen molar-refractivity contribution in [2.45, 2.75) is 18.8 Å². The van der Waals surface area contributed by atoms with Crippen LogP contribution in [0.5, 0.6) is 11.5 Å². The van der Waals surface area contributed by atoms with Gasteiger partial charge in [-0.2, -0.15) is 0 Å². The number of carbonyl (C=O) groups excluding carboxylic acids is 1. The number of imidazole rings is 1. The number of benzene rings is 3. The Hall–Kier alpha value is -4.92. The highest BCUT2D eigenvalue weighted by atomic mass is 16.5. The van der Waals surface area contributed by atoms with Crippen LogP contribution < -0.4 is 20.5 Å². The minimum Gasteiger partial charge on any atom is -0.497 e. The van der Waals surface area contributed by atoms with Crippen LogP contribution in [-0.2, 0) is 12.8 Å². The summed E-state index contributed by atoms with van der Waals surface area (Å²) in [5, 5.41) is 3.02. The summed E-state index contributed by atoms with van der Waals surface area (Å²) in [7, 11) is 1.65. The second-order valence-corrected chi connectivity index (χ2v) is 9.55. The van der Waals surface area contributed by atoms with E-state index in [9.17, 15) is 4.79 Å². The topological polar surface area (TPSA) is 128 Å². The van der Waals surface area contributed by atoms with E-state index in [1.165, 1.54) is 0 Å². The standard InChI is InChI=1S/C30H28N6O3/c1-38-23-4-2-3-18(13-23)9-11-32-29(37)20-6-8-27-21(14-20)15-22(17-39-27)28-34-25-7-5-19(16-26(25)35-28)24-10-12-33-30(31)36-24/h2-8,10,12-14,16,22H,9,11,15,17H2,1H3,(H,32,37)(H,34,35)(H2,31,33,36). The molecule has 0 aliphatic carbocycles. The summed E-state index contributed by atoms with van der Waals surface area (Å²) in [4.78, 5) is 29.4. The first-order chi connectivity index (χ1) is 19.1. The first-order valence-corrected chi connectivity index (χ1v) is 12.8. The van der Waals surface area contributed by atoms with E-state index in [0.717, 1.165) is 63.6 Å². The first-order valence-electron chi connectivity index (χ1n) is 12.8. The predicted molar refractivity (Wildman–Crippen MR) is 149 cm³/mol. The van der Waals surface area contributed by atoms with Gasteiger partial charge in [-0.05, 0) is 72.5 Å². The monoisotopic (exact) mass is 520 g/mol. The highest BCUT2D eigenvalue weighted by molar-refractivity contribution is 5.94. The van der Waals surface area contributed by atoms with Crippen molar-refractivity contribution in [2.75, 3.05) is 26.0 Å². The van der Waals surface area contributed by atoms with Gasteiger partial charge in [0.1, 0.15) is 17.3 Å². The van der Waals surface area contributed by atoms with Gasteiger partial charge in [0.2, 0.25) is 5.95 Å². The van der Waals surface area contributed by atoms with Crippen LogP contribution >= 0.6 is 0 Å². The first kappa shape index (κ1) is 24.4. The molecule has 3 aromatic carbocycles. The molecule has 2 aromatic heterocycles. The molecule has 0 bridgehead atoms. The number of carbonyl (C=O) groups is 1. The number of anilines is 1. The summed E-state index contributed by atoms with van der Waals surface area (Å²) in [6.07, 6.45) is 3.08. The van der Waals surface area contributed by atoms with Gasteiger partial charge in [0.25, 0.3) is 5.91 Å². The fraction of sp³-hybridized carbons (Fsp3) is 0.200. The van der Waals surface area contributed by atoms with E-state index in [4.69, 9.17) is 20.2 Å². The van der Waals surface area contributed by atoms with Crippen LogP contribution in [0.3, 0.4) is 0 Å². The van der Waals surface area contributed by atoms with E-state index < -0.39 is 0 Å². The van der Waals surface area contributed by atoms with E-state index in [-0.39, 0.29) is 17.8 Å². The number of nitrogen functional groups attached to an aromatic ring is 1. The van der Waals surface area contributed by atoms with Crippen LogP contribution in [0.2, 0.25) is 0 Å². The maximum atomic E-state index is 12.9. The Morgan fingerprint density at radius 2 is 2.05 bits per heavy atom. The molecule has 6 rings (SSSR count). The molecule has 3 heterocycles. The molecule has 0 saturated carbocycles. The third kappa shape index (κ3) is 5.24. The van der Waals surface area contributed by atoms with Crippen LogP contribution in [0.25, 0.3) is 22.3 Å². The fourth-order valence-electron chi connectivity index (χ4n) is 4.87. The zero-order valence-corrected chi connectivity index (χ0v) is 21.5. The molecular formula is C30H28N6O3. The average Bonchev–Trinajstić information content (AvgIpc) is 3.40. The average molecular weight is 521 g/mol. The van der Waals surface area contributed by atoms with Crippen molar-refractivity contribution in [1.82, 2.24) is 25.3 Å². The number of nitrogens with zero attached hydrogens (tertiary/aromatic N) is 3. The van der Waals surface area contributed by atoms with Crippen molar-refractivity contribution >= 4 is 22.9 Å². The van der Waals surface area contributed by atoms with Gasteiger partial charge in [0.15, 0.2) is 0 Å². The van der Waals surface area contributed by atoms with E-state index in [0.29, 0.717) is 18.7 Å². The molecule has 5 aromatic rings. The Balaban J connectivity index is 1.14. The number of amides is 1. The number of aromatic nitrogens is 4. The molecule has 1 amide bonds. The Kier molecular flexibility index (Phi) is 6.54. The zero-order valence-electron chi connectivity index (χ0n) is 21.5. The van der Waals surface area contributed by atoms with Gasteiger partial charge >= 0.3 is 0 Å². The molecule has 196 valence electrons. The molecule has 1 aliphatic rings. The number of H-pyrrole nitrogens is 1. The number of aromatic amines is 1. The fourth-order valence-corrected chi connectivity index (χ4v) is 4.87. The minimum atomic E-state index is -0.107. The molecule has 0 spiro atoms. The Bertz CT molecular complexity index is 1660. The third-order valence-corrected chi connectivity index (χ3v) is 6.92. The quantitative estimate of drug-likeness (QED) is 0.292. The van der Waals surface area contributed by atoms with E-state index >= 15 is 0 Å². The van der Waals surface area contributed by atoms with E-state index in [2.05, 4.69) is 20.3 Å². The molecule has 39 heavy (non-hydrogen) atoms. The number of rotatable bonds is 7. The summed E-state index contributed by atoms with van der Waals surface area (Å²) in [5.74, 6) is 2.63. The maximum Gasteiger partial charge on any atom is 0.251 e. The lowest BCUT2D eigenvalue weighted by atomic mass is 9.94. The minimum absolute atomic E-state index is 0.0365. The van der Waals surface area contributed by atoms with Crippen LogP contribution in [0.4, 0.5) is 5.95 Å². The van der Waals surface area contributed by atoms with Crippen LogP contribution in [0.1, 0.15) is 33.2 Å². The predicted octanol–water partition coefficient (Wildman–Crippen LogP) is 4.30. The summed E-state index contributed by atoms with van der Waals surface area (Å²) in [5.41, 5.74) is 11.9. The largest absolute Gasteiger partial charge is 0.497 e. The lowest BCUT2D eigenvalue weighted by molar-refractivity contribution is 0.0954. The van der Waals surface area contributed by atoms with Gasteiger partial charge in [-0.25, -0.2) is 15.0 Å². The zero-order chi connectivity index (χ0) is 26.8. The number of nitrogens with two attached hydrogens (primary N) is 1. The van der Waals surface area contributed by atoms with Gasteiger partial charge in [0.05, 0.1) is 36.4 Å². The van der Waals surface area contributed by atoms with Crippen molar-refractivity contribution in [2.24, 2.45) is 0 Å². The van der Waals surface area contributed by atoms with Gasteiger partial charge in [-0.3, -0.25) is 4.79 Å². The van der Waals surface area contributed by atoms with Crippen molar-refractivity contribution in [3.63, 3.8) is 0 Å². The molecule has 4 N–H and O–H groups in total. The molecule has 0 saturated heterocycles. The number of ether oxygens (including phenoxy) is 2. The van der Waals surface area contributed by atoms with Crippen molar-refractivity contribution in [1.29, 1.82) is 0 Å². The van der Waals surface area contributed by atoms with Crippen molar-refractivity contribution in [3.05, 3.63) is 95.4 Å². The highest BCUT2D eigenvalue weighted by Gasteiger charge is 2.25. The summed E-state index contributed by atoms with van der Waals surface area (Å²) in [6.45, 7) is 1.04. The second-order valence-electron chi connectivity index (χ2n) is 9.55. The molecule has 0 fully saturated rings. The SMILES string of the molecule is COc1cccc(CCNC(=O)c2ccc3c(c2)CC(c2nc4cc(-c5ccnc(N)n5)ccc4[nH]2)CO3)c1. The molecule has 1 aliphatic heterocycles. The van der Waals surface area contributed by atoms with Gasteiger partial charge in [0, 0.05) is 23.9 Å². The van der Waals surface area contributed by atoms with Crippen LogP contribution in [0, 0.1) is 0 Å². The third-order valence-electron chi connectivity index (χ3n) is 6.92. The number of methoxy groups -OCH3 is 1. The Morgan fingerprint density at radius 1 is 1.13 bits per heavy atom.